The molecule has 2 N–H and O–H groups in total. The molecule has 0 aliphatic rings. The highest BCUT2D eigenvalue weighted by Crippen LogP contribution is 2.43. The number of H-pyrrole nitrogens is 1. The Balaban J connectivity index is 0.000000169. The van der Waals surface area contributed by atoms with E-state index in [0.717, 1.165) is 37.8 Å². The normalized spacial score (nSPS) is 12.0. The van der Waals surface area contributed by atoms with Gasteiger partial charge >= 0.3 is 12.1 Å². The number of hydrogen-bond acceptors (Lipinski definition) is 14. The summed E-state index contributed by atoms with van der Waals surface area (Å²) in [5.74, 6) is 0.370. The van der Waals surface area contributed by atoms with E-state index in [-0.39, 0.29) is 31.6 Å². The molecule has 0 aliphatic heterocycles. The van der Waals surface area contributed by atoms with Crippen molar-refractivity contribution < 1.29 is 46.7 Å². The smallest absolute Gasteiger partial charge is 0.423 e. The predicted octanol–water partition coefficient (Wildman–Crippen LogP) is 15.7. The largest absolute Gasteiger partial charge is 0.465 e. The quantitative estimate of drug-likeness (QED) is 0.0913. The number of aromatic nitrogens is 8. The van der Waals surface area contributed by atoms with Gasteiger partial charge in [-0.25, -0.2) is 23.5 Å². The Bertz CT molecular complexity index is 4350. The van der Waals surface area contributed by atoms with Crippen LogP contribution in [0.2, 0.25) is 0 Å². The number of nitrogens with one attached hydrogen (secondary N) is 1. The molecule has 19 heteroatoms. The first-order valence-electron chi connectivity index (χ1n) is 26.9. The van der Waals surface area contributed by atoms with E-state index >= 15 is 0 Å². The molecule has 0 bridgehead atoms. The van der Waals surface area contributed by atoms with E-state index in [1.807, 2.05) is 94.4 Å². The van der Waals surface area contributed by atoms with Crippen molar-refractivity contribution in [2.75, 3.05) is 13.2 Å². The maximum atomic E-state index is 14.1. The van der Waals surface area contributed by atoms with Crippen molar-refractivity contribution in [2.45, 2.75) is 80.9 Å². The number of carbonyl (C=O) groups excluding carboxylic acids is 2. The van der Waals surface area contributed by atoms with Gasteiger partial charge in [0.1, 0.15) is 38.9 Å². The number of aromatic amines is 1. The molecule has 6 heterocycles. The Morgan fingerprint density at radius 2 is 1.22 bits per heavy atom. The van der Waals surface area contributed by atoms with Crippen molar-refractivity contribution >= 4 is 71.7 Å². The summed E-state index contributed by atoms with van der Waals surface area (Å²) in [7, 11) is 0. The van der Waals surface area contributed by atoms with Crippen molar-refractivity contribution in [3.63, 3.8) is 0 Å². The van der Waals surface area contributed by atoms with E-state index in [9.17, 15) is 23.5 Å². The summed E-state index contributed by atoms with van der Waals surface area (Å²) in [5.41, 5.74) is 7.24. The fourth-order valence-electron chi connectivity index (χ4n) is 9.92. The average molecular weight is 1210 g/mol. The molecule has 434 valence electrons. The maximum absolute atomic E-state index is 14.1. The molecule has 6 aromatic heterocycles. The van der Waals surface area contributed by atoms with Crippen LogP contribution in [0.25, 0.3) is 66.1 Å². The predicted molar refractivity (Wildman–Crippen MR) is 326 cm³/mol. The number of pyridine rings is 2. The molecule has 16 nitrogen and oxygen atoms in total. The van der Waals surface area contributed by atoms with Crippen LogP contribution < -0.4 is 9.47 Å². The number of nitrogens with zero attached hydrogens (tertiary/aromatic N) is 7. The number of hydrogen-bond donors (Lipinski definition) is 2. The van der Waals surface area contributed by atoms with E-state index < -0.39 is 23.1 Å². The molecule has 1 atom stereocenters. The second kappa shape index (κ2) is 24.8. The highest BCUT2D eigenvalue weighted by atomic mass is 79.9. The van der Waals surface area contributed by atoms with Crippen LogP contribution in [-0.2, 0) is 10.3 Å². The fraction of sp³-hybridized carbons (Fsp3) is 0.212. The van der Waals surface area contributed by atoms with Gasteiger partial charge in [0.15, 0.2) is 11.4 Å². The minimum Gasteiger partial charge on any atom is -0.465 e. The molecule has 6 aromatic carbocycles. The molecule has 12 aromatic rings. The Labute approximate surface area is 497 Å². The topological polar surface area (TPSA) is 206 Å². The van der Waals surface area contributed by atoms with E-state index in [4.69, 9.17) is 33.2 Å². The molecule has 0 amide bonds. The summed E-state index contributed by atoms with van der Waals surface area (Å²) in [6.07, 6.45) is -0.646. The number of aryl methyl sites for hydroxylation is 4. The molecule has 0 saturated heterocycles. The summed E-state index contributed by atoms with van der Waals surface area (Å²) in [5, 5.41) is 22.6. The van der Waals surface area contributed by atoms with Gasteiger partial charge in [0.25, 0.3) is 6.01 Å². The SMILES string of the molecule is C.CCOc1nc2c(C(=O)c3ccccc3)cc(-c3c(C)noc3C)cc2n1C(=O)OC(C)(C)C.CCOc1nc2c(C(O)(c3ccccc3)c3ccc4ccc(F)cc4n3)cc(-c3c(C)noc3C)cc2[nH]1.Fc1ccc2ccc(Br)nc2c1. The van der Waals surface area contributed by atoms with Gasteiger partial charge in [-0.05, 0) is 156 Å². The van der Waals surface area contributed by atoms with Crippen molar-refractivity contribution in [3.05, 3.63) is 213 Å². The van der Waals surface area contributed by atoms with Gasteiger partial charge in [0.2, 0.25) is 0 Å². The number of ketones is 1. The zero-order chi connectivity index (χ0) is 59.6. The summed E-state index contributed by atoms with van der Waals surface area (Å²) in [6.45, 7) is 17.1. The molecule has 1 unspecified atom stereocenters. The number of halogens is 3. The molecule has 0 radical (unpaired) electrons. The van der Waals surface area contributed by atoms with Gasteiger partial charge in [0.05, 0.1) is 63.4 Å². The van der Waals surface area contributed by atoms with Crippen LogP contribution in [0, 0.1) is 39.3 Å². The minimum absolute atomic E-state index is 0. The van der Waals surface area contributed by atoms with E-state index in [0.29, 0.717) is 96.4 Å². The van der Waals surface area contributed by atoms with Gasteiger partial charge in [-0.15, -0.1) is 0 Å². The van der Waals surface area contributed by atoms with Gasteiger partial charge in [-0.2, -0.15) is 14.5 Å². The molecule has 0 spiro atoms. The Morgan fingerprint density at radius 1 is 0.659 bits per heavy atom. The zero-order valence-corrected chi connectivity index (χ0v) is 48.9. The van der Waals surface area contributed by atoms with Crippen LogP contribution in [0.1, 0.15) is 97.7 Å². The molecule has 85 heavy (non-hydrogen) atoms. The van der Waals surface area contributed by atoms with Crippen LogP contribution >= 0.6 is 15.9 Å². The van der Waals surface area contributed by atoms with Crippen molar-refractivity contribution in [1.29, 1.82) is 0 Å². The summed E-state index contributed by atoms with van der Waals surface area (Å²) in [4.78, 5) is 48.1. The molecule has 0 aliphatic carbocycles. The van der Waals surface area contributed by atoms with Crippen molar-refractivity contribution in [3.8, 4) is 34.3 Å². The number of benzene rings is 6. The average Bonchev–Trinajstić information content (AvgIpc) is 1.98. The second-order valence-corrected chi connectivity index (χ2v) is 21.4. The lowest BCUT2D eigenvalue weighted by molar-refractivity contribution is 0.0527. The first kappa shape index (κ1) is 60.1. The van der Waals surface area contributed by atoms with Gasteiger partial charge < -0.3 is 33.3 Å². The van der Waals surface area contributed by atoms with Gasteiger partial charge in [-0.1, -0.05) is 90.5 Å². The van der Waals surface area contributed by atoms with Crippen LogP contribution in [0.15, 0.2) is 159 Å². The Morgan fingerprint density at radius 3 is 1.80 bits per heavy atom. The molecular formula is C66H61BrF2N8O8. The number of aliphatic hydroxyl groups is 1. The number of rotatable bonds is 11. The Hall–Kier alpha value is -9.46. The third-order valence-electron chi connectivity index (χ3n) is 13.6. The van der Waals surface area contributed by atoms with E-state index in [1.165, 1.54) is 28.8 Å². The molecular weight excluding hydrogens is 1150 g/mol. The first-order valence-corrected chi connectivity index (χ1v) is 27.7. The number of imidazole rings is 2. The van der Waals surface area contributed by atoms with Gasteiger partial charge in [0, 0.05) is 45.2 Å². The highest BCUT2D eigenvalue weighted by Gasteiger charge is 2.39. The third kappa shape index (κ3) is 12.4. The minimum atomic E-state index is -1.74. The Kier molecular flexibility index (Phi) is 17.5. The fourth-order valence-corrected chi connectivity index (χ4v) is 10.2. The lowest BCUT2D eigenvalue weighted by atomic mass is 9.81. The van der Waals surface area contributed by atoms with Crippen LogP contribution in [0.4, 0.5) is 13.6 Å². The second-order valence-electron chi connectivity index (χ2n) is 20.6. The van der Waals surface area contributed by atoms with Crippen molar-refractivity contribution in [2.24, 2.45) is 0 Å². The van der Waals surface area contributed by atoms with E-state index in [1.54, 1.807) is 89.2 Å². The van der Waals surface area contributed by atoms with Crippen LogP contribution in [0.3, 0.4) is 0 Å². The maximum Gasteiger partial charge on any atom is 0.423 e. The summed E-state index contributed by atoms with van der Waals surface area (Å²) in [6, 6.07) is 42.2. The molecule has 0 fully saturated rings. The first-order chi connectivity index (χ1) is 40.2. The summed E-state index contributed by atoms with van der Waals surface area (Å²) >= 11 is 3.22. The van der Waals surface area contributed by atoms with Crippen molar-refractivity contribution in [1.82, 2.24) is 39.8 Å². The molecule has 12 rings (SSSR count). The zero-order valence-electron chi connectivity index (χ0n) is 47.3. The van der Waals surface area contributed by atoms with Crippen LogP contribution in [-0.4, -0.2) is 75.6 Å². The molecule has 0 saturated carbocycles. The number of fused-ring (bicyclic) bond motifs is 4. The third-order valence-corrected chi connectivity index (χ3v) is 14.0. The number of carbonyl (C=O) groups is 2. The summed E-state index contributed by atoms with van der Waals surface area (Å²) < 4.78 is 56.6. The standard InChI is InChI=1S/C30H25FN4O3.C26H27N3O5.C9H5BrFN.CH4/c1-4-37-29-33-25-15-20(27-17(2)35-38-18(27)3)14-23(28(25)34-29)30(36,21-8-6-5-7-9-21)26-13-11-19-10-12-22(31)16-24(19)32-26;1-7-32-24-27-22-19(23(30)17-11-9-8-10-12-17)13-18(21-15(2)28-34-16(21)3)14-20(22)29(24)25(31)33-26(4,5)6;10-9-4-2-6-1-3-7(11)5-8(6)12-9;/h5-16,36H,4H2,1-3H3,(H,33,34);8-14H,7H2,1-6H3;1-5H;1H4. The lowest BCUT2D eigenvalue weighted by Crippen LogP contribution is -2.30. The van der Waals surface area contributed by atoms with E-state index in [2.05, 4.69) is 41.2 Å². The lowest BCUT2D eigenvalue weighted by Gasteiger charge is -2.30. The number of ether oxygens (including phenoxy) is 3. The highest BCUT2D eigenvalue weighted by molar-refractivity contribution is 9.10. The van der Waals surface area contributed by atoms with Crippen LogP contribution in [0.5, 0.6) is 12.0 Å². The van der Waals surface area contributed by atoms with Gasteiger partial charge in [-0.3, -0.25) is 4.79 Å². The monoisotopic (exact) mass is 1210 g/mol.